The van der Waals surface area contributed by atoms with Crippen LogP contribution in [-0.4, -0.2) is 49.1 Å². The molecular formula is C17H22F2N2O2S. The van der Waals surface area contributed by atoms with E-state index in [1.807, 2.05) is 0 Å². The number of hydrogen-bond acceptors (Lipinski definition) is 4. The summed E-state index contributed by atoms with van der Waals surface area (Å²) in [4.78, 5) is 15.7. The minimum absolute atomic E-state index is 0.224. The predicted octanol–water partition coefficient (Wildman–Crippen LogP) is 2.36. The van der Waals surface area contributed by atoms with Gasteiger partial charge in [-0.05, 0) is 11.4 Å². The largest absolute Gasteiger partial charge is 0.376 e. The number of carbonyl (C=O) groups is 1. The standard InChI is InChI=1S/C17H22F2N2O2S/c18-17(19)4-11(5-17)16(22)20-6-12-10-23-15-9-21(8-14(12)15)7-13-2-1-3-24-13/h1-3,11-12,14-15H,4-10H2,(H,20,22)/t12-,14+,15+/m0/s1. The quantitative estimate of drug-likeness (QED) is 0.881. The fourth-order valence-electron chi connectivity index (χ4n) is 4.06. The summed E-state index contributed by atoms with van der Waals surface area (Å²) < 4.78 is 31.6. The molecule has 0 radical (unpaired) electrons. The van der Waals surface area contributed by atoms with Crippen molar-refractivity contribution in [1.82, 2.24) is 10.2 Å². The Labute approximate surface area is 144 Å². The smallest absolute Gasteiger partial charge is 0.249 e. The van der Waals surface area contributed by atoms with Crippen molar-refractivity contribution in [2.75, 3.05) is 26.2 Å². The maximum Gasteiger partial charge on any atom is 0.249 e. The molecule has 3 atom stereocenters. The molecule has 7 heteroatoms. The van der Waals surface area contributed by atoms with Gasteiger partial charge in [0.15, 0.2) is 0 Å². The Kier molecular flexibility index (Phi) is 4.34. The van der Waals surface area contributed by atoms with Gasteiger partial charge in [-0.2, -0.15) is 0 Å². The van der Waals surface area contributed by atoms with E-state index in [1.54, 1.807) is 11.3 Å². The van der Waals surface area contributed by atoms with Crippen LogP contribution >= 0.6 is 11.3 Å². The number of fused-ring (bicyclic) bond motifs is 1. The number of alkyl halides is 2. The van der Waals surface area contributed by atoms with Crippen molar-refractivity contribution in [3.63, 3.8) is 0 Å². The molecule has 4 nitrogen and oxygen atoms in total. The maximum absolute atomic E-state index is 12.9. The van der Waals surface area contributed by atoms with Crippen molar-refractivity contribution in [2.45, 2.75) is 31.4 Å². The number of nitrogens with zero attached hydrogens (tertiary/aromatic N) is 1. The number of carbonyl (C=O) groups excluding carboxylic acids is 1. The summed E-state index contributed by atoms with van der Waals surface area (Å²) >= 11 is 1.76. The van der Waals surface area contributed by atoms with E-state index in [4.69, 9.17) is 4.74 Å². The van der Waals surface area contributed by atoms with Crippen LogP contribution in [-0.2, 0) is 16.1 Å². The number of likely N-dealkylation sites (tertiary alicyclic amines) is 1. The lowest BCUT2D eigenvalue weighted by atomic mass is 9.80. The Morgan fingerprint density at radius 2 is 2.25 bits per heavy atom. The third-order valence-electron chi connectivity index (χ3n) is 5.47. The van der Waals surface area contributed by atoms with Crippen LogP contribution < -0.4 is 5.32 Å². The number of amides is 1. The van der Waals surface area contributed by atoms with Crippen molar-refractivity contribution in [1.29, 1.82) is 0 Å². The van der Waals surface area contributed by atoms with Gasteiger partial charge in [0.05, 0.1) is 12.7 Å². The Bertz CT molecular complexity index is 587. The van der Waals surface area contributed by atoms with Gasteiger partial charge >= 0.3 is 0 Å². The molecule has 1 amide bonds. The van der Waals surface area contributed by atoms with Crippen LogP contribution in [0.3, 0.4) is 0 Å². The molecule has 0 aromatic carbocycles. The monoisotopic (exact) mass is 356 g/mol. The van der Waals surface area contributed by atoms with Crippen LogP contribution in [0.2, 0.25) is 0 Å². The average Bonchev–Trinajstić information content (AvgIpc) is 3.20. The first-order valence-electron chi connectivity index (χ1n) is 8.52. The molecule has 3 fully saturated rings. The molecule has 1 aliphatic carbocycles. The maximum atomic E-state index is 12.9. The summed E-state index contributed by atoms with van der Waals surface area (Å²) in [5.41, 5.74) is 0. The second-order valence-corrected chi connectivity index (χ2v) is 8.31. The third kappa shape index (κ3) is 3.34. The molecule has 0 bridgehead atoms. The molecule has 132 valence electrons. The summed E-state index contributed by atoms with van der Waals surface area (Å²) in [6.45, 7) is 4.05. The first-order valence-corrected chi connectivity index (χ1v) is 9.40. The van der Waals surface area contributed by atoms with Crippen LogP contribution in [0.4, 0.5) is 8.78 Å². The van der Waals surface area contributed by atoms with Crippen LogP contribution in [0, 0.1) is 17.8 Å². The second-order valence-electron chi connectivity index (χ2n) is 7.28. The summed E-state index contributed by atoms with van der Waals surface area (Å²) in [5, 5.41) is 4.96. The van der Waals surface area contributed by atoms with Gasteiger partial charge in [-0.15, -0.1) is 11.3 Å². The van der Waals surface area contributed by atoms with Gasteiger partial charge in [-0.3, -0.25) is 9.69 Å². The molecule has 24 heavy (non-hydrogen) atoms. The molecule has 1 N–H and O–H groups in total. The highest BCUT2D eigenvalue weighted by Gasteiger charge is 2.49. The highest BCUT2D eigenvalue weighted by atomic mass is 32.1. The number of halogens is 2. The van der Waals surface area contributed by atoms with Crippen molar-refractivity contribution in [2.24, 2.45) is 17.8 Å². The van der Waals surface area contributed by atoms with Crippen molar-refractivity contribution < 1.29 is 18.3 Å². The lowest BCUT2D eigenvalue weighted by Gasteiger charge is -2.34. The minimum atomic E-state index is -2.64. The molecule has 0 spiro atoms. The zero-order chi connectivity index (χ0) is 16.7. The number of rotatable bonds is 5. The summed E-state index contributed by atoms with van der Waals surface area (Å²) in [6.07, 6.45) is -0.374. The SMILES string of the molecule is O=C(NC[C@H]1CO[C@@H]2CN(Cc3cccs3)C[C@H]12)C1CC(F)(F)C1. The van der Waals surface area contributed by atoms with Crippen LogP contribution in [0.25, 0.3) is 0 Å². The Balaban J connectivity index is 1.25. The van der Waals surface area contributed by atoms with Crippen molar-refractivity contribution >= 4 is 17.2 Å². The van der Waals surface area contributed by atoms with E-state index in [2.05, 4.69) is 27.7 Å². The van der Waals surface area contributed by atoms with E-state index < -0.39 is 11.8 Å². The number of hydrogen-bond donors (Lipinski definition) is 1. The molecule has 1 aromatic heterocycles. The third-order valence-corrected chi connectivity index (χ3v) is 6.33. The molecule has 3 heterocycles. The average molecular weight is 356 g/mol. The second kappa shape index (κ2) is 6.35. The van der Waals surface area contributed by atoms with Gasteiger partial charge in [-0.1, -0.05) is 6.07 Å². The van der Waals surface area contributed by atoms with Crippen LogP contribution in [0.5, 0.6) is 0 Å². The van der Waals surface area contributed by atoms with Gasteiger partial charge in [0.25, 0.3) is 0 Å². The fraction of sp³-hybridized carbons (Fsp3) is 0.706. The molecule has 4 rings (SSSR count). The molecular weight excluding hydrogens is 334 g/mol. The van der Waals surface area contributed by atoms with Gasteiger partial charge < -0.3 is 10.1 Å². The molecule has 1 saturated carbocycles. The first-order chi connectivity index (χ1) is 11.5. The molecule has 2 aliphatic heterocycles. The molecule has 3 aliphatic rings. The van der Waals surface area contributed by atoms with E-state index in [9.17, 15) is 13.6 Å². The highest BCUT2D eigenvalue weighted by Crippen LogP contribution is 2.42. The van der Waals surface area contributed by atoms with Gasteiger partial charge in [0, 0.05) is 61.7 Å². The van der Waals surface area contributed by atoms with Crippen molar-refractivity contribution in [3.8, 4) is 0 Å². The number of nitrogens with one attached hydrogen (secondary N) is 1. The number of thiophene rings is 1. The molecule has 1 aromatic rings. The Morgan fingerprint density at radius 3 is 2.96 bits per heavy atom. The summed E-state index contributed by atoms with van der Waals surface area (Å²) in [7, 11) is 0. The summed E-state index contributed by atoms with van der Waals surface area (Å²) in [6, 6.07) is 4.21. The number of ether oxygens (including phenoxy) is 1. The highest BCUT2D eigenvalue weighted by molar-refractivity contribution is 7.09. The van der Waals surface area contributed by atoms with Gasteiger partial charge in [0.2, 0.25) is 11.8 Å². The topological polar surface area (TPSA) is 41.6 Å². The van der Waals surface area contributed by atoms with Crippen LogP contribution in [0.1, 0.15) is 17.7 Å². The van der Waals surface area contributed by atoms with Gasteiger partial charge in [-0.25, -0.2) is 8.78 Å². The first kappa shape index (κ1) is 16.4. The molecule has 0 unspecified atom stereocenters. The lowest BCUT2D eigenvalue weighted by molar-refractivity contribution is -0.150. The normalized spacial score (nSPS) is 32.5. The van der Waals surface area contributed by atoms with E-state index in [-0.39, 0.29) is 30.8 Å². The van der Waals surface area contributed by atoms with Crippen molar-refractivity contribution in [3.05, 3.63) is 22.4 Å². The minimum Gasteiger partial charge on any atom is -0.376 e. The Hall–Kier alpha value is -1.05. The van der Waals surface area contributed by atoms with E-state index in [0.717, 1.165) is 19.6 Å². The van der Waals surface area contributed by atoms with Gasteiger partial charge in [0.1, 0.15) is 0 Å². The zero-order valence-corrected chi connectivity index (χ0v) is 14.2. The predicted molar refractivity (Wildman–Crippen MR) is 87.0 cm³/mol. The van der Waals surface area contributed by atoms with E-state index in [1.165, 1.54) is 4.88 Å². The van der Waals surface area contributed by atoms with E-state index in [0.29, 0.717) is 19.1 Å². The fourth-order valence-corrected chi connectivity index (χ4v) is 4.81. The van der Waals surface area contributed by atoms with Crippen LogP contribution in [0.15, 0.2) is 17.5 Å². The zero-order valence-electron chi connectivity index (χ0n) is 13.4. The molecule has 2 saturated heterocycles. The Morgan fingerprint density at radius 1 is 1.42 bits per heavy atom. The lowest BCUT2D eigenvalue weighted by Crippen LogP contribution is -2.46. The summed E-state index contributed by atoms with van der Waals surface area (Å²) in [5.74, 6) is -2.67. The van der Waals surface area contributed by atoms with E-state index >= 15 is 0 Å².